The third kappa shape index (κ3) is 6.37. The number of nitrogens with zero attached hydrogens (tertiary/aromatic N) is 3. The molecule has 1 aromatic heterocycles. The Morgan fingerprint density at radius 2 is 1.75 bits per heavy atom. The van der Waals surface area contributed by atoms with Gasteiger partial charge in [-0.25, -0.2) is 9.79 Å². The summed E-state index contributed by atoms with van der Waals surface area (Å²) in [5.74, 6) is 0.543. The molecule has 0 spiro atoms. The van der Waals surface area contributed by atoms with Gasteiger partial charge in [0.1, 0.15) is 24.1 Å². The zero-order valence-electron chi connectivity index (χ0n) is 26.8. The quantitative estimate of drug-likeness (QED) is 0.0987. The highest BCUT2D eigenvalue weighted by molar-refractivity contribution is 7.07. The molecule has 0 bridgehead atoms. The van der Waals surface area contributed by atoms with Crippen LogP contribution in [0.5, 0.6) is 11.5 Å². The first kappa shape index (κ1) is 32.4. The first-order chi connectivity index (χ1) is 23.2. The predicted molar refractivity (Wildman–Crippen MR) is 184 cm³/mol. The Morgan fingerprint density at radius 1 is 1.02 bits per heavy atom. The van der Waals surface area contributed by atoms with E-state index in [2.05, 4.69) is 0 Å². The molecule has 10 nitrogen and oxygen atoms in total. The maximum absolute atomic E-state index is 14.5. The van der Waals surface area contributed by atoms with E-state index in [4.69, 9.17) is 19.2 Å². The van der Waals surface area contributed by atoms with Crippen molar-refractivity contribution < 1.29 is 23.9 Å². The number of carbonyl (C=O) groups is 1. The lowest BCUT2D eigenvalue weighted by Gasteiger charge is -2.26. The molecule has 1 atom stereocenters. The highest BCUT2D eigenvalue weighted by Gasteiger charge is 2.35. The third-order valence-corrected chi connectivity index (χ3v) is 8.82. The minimum Gasteiger partial charge on any atom is -0.491 e. The van der Waals surface area contributed by atoms with Crippen LogP contribution in [-0.4, -0.2) is 28.2 Å². The molecule has 0 aliphatic carbocycles. The third-order valence-electron chi connectivity index (χ3n) is 7.84. The van der Waals surface area contributed by atoms with Crippen molar-refractivity contribution in [1.82, 2.24) is 4.57 Å². The molecule has 244 valence electrons. The average molecular weight is 664 g/mol. The van der Waals surface area contributed by atoms with Crippen molar-refractivity contribution in [3.63, 3.8) is 0 Å². The van der Waals surface area contributed by atoms with Gasteiger partial charge < -0.3 is 14.2 Å². The Balaban J connectivity index is 1.51. The molecule has 6 rings (SSSR count). The van der Waals surface area contributed by atoms with E-state index < -0.39 is 16.9 Å². The maximum Gasteiger partial charge on any atom is 0.338 e. The van der Waals surface area contributed by atoms with E-state index in [1.165, 1.54) is 23.5 Å². The second-order valence-corrected chi connectivity index (χ2v) is 12.4. The van der Waals surface area contributed by atoms with Crippen LogP contribution in [0.3, 0.4) is 0 Å². The summed E-state index contributed by atoms with van der Waals surface area (Å²) < 4.78 is 19.8. The van der Waals surface area contributed by atoms with Crippen molar-refractivity contribution in [2.45, 2.75) is 46.4 Å². The van der Waals surface area contributed by atoms with Crippen LogP contribution in [-0.2, 0) is 16.1 Å². The number of carbonyl (C=O) groups excluding carboxylic acids is 1. The number of ether oxygens (including phenoxy) is 3. The number of nitro benzene ring substituents is 1. The van der Waals surface area contributed by atoms with E-state index in [-0.39, 0.29) is 36.1 Å². The molecular weight excluding hydrogens is 630 g/mol. The summed E-state index contributed by atoms with van der Waals surface area (Å²) in [6, 6.07) is 24.3. The second kappa shape index (κ2) is 13.7. The molecule has 1 aliphatic heterocycles. The molecule has 11 heteroatoms. The number of para-hydroxylation sites is 1. The van der Waals surface area contributed by atoms with Crippen molar-refractivity contribution >= 4 is 39.8 Å². The van der Waals surface area contributed by atoms with Crippen molar-refractivity contribution in [2.75, 3.05) is 6.61 Å². The summed E-state index contributed by atoms with van der Waals surface area (Å²) in [5, 5.41) is 12.9. The summed E-state index contributed by atoms with van der Waals surface area (Å²) in [5.41, 5.74) is 2.50. The summed E-state index contributed by atoms with van der Waals surface area (Å²) in [7, 11) is 0. The topological polar surface area (TPSA) is 122 Å². The Labute approximate surface area is 280 Å². The monoisotopic (exact) mass is 663 g/mol. The van der Waals surface area contributed by atoms with Crippen molar-refractivity contribution in [1.29, 1.82) is 0 Å². The number of fused-ring (bicyclic) bond motifs is 2. The van der Waals surface area contributed by atoms with Crippen molar-refractivity contribution in [3.05, 3.63) is 143 Å². The maximum atomic E-state index is 14.5. The Kier molecular flexibility index (Phi) is 9.22. The van der Waals surface area contributed by atoms with Gasteiger partial charge in [0.15, 0.2) is 4.80 Å². The first-order valence-electron chi connectivity index (χ1n) is 15.5. The molecule has 0 saturated heterocycles. The van der Waals surface area contributed by atoms with E-state index in [0.29, 0.717) is 37.7 Å². The van der Waals surface area contributed by atoms with E-state index >= 15 is 0 Å². The number of allylic oxidation sites excluding steroid dienone is 1. The summed E-state index contributed by atoms with van der Waals surface area (Å²) >= 11 is 1.22. The van der Waals surface area contributed by atoms with Gasteiger partial charge in [0.05, 0.1) is 33.4 Å². The van der Waals surface area contributed by atoms with Gasteiger partial charge in [-0.15, -0.1) is 0 Å². The molecule has 48 heavy (non-hydrogen) atoms. The van der Waals surface area contributed by atoms with Crippen LogP contribution < -0.4 is 24.4 Å². The molecule has 4 aromatic carbocycles. The zero-order chi connectivity index (χ0) is 33.9. The van der Waals surface area contributed by atoms with Gasteiger partial charge in [0, 0.05) is 23.3 Å². The van der Waals surface area contributed by atoms with Crippen LogP contribution in [0.25, 0.3) is 16.8 Å². The normalized spacial score (nSPS) is 14.5. The van der Waals surface area contributed by atoms with Gasteiger partial charge in [-0.1, -0.05) is 59.9 Å². The molecule has 0 saturated carbocycles. The lowest BCUT2D eigenvalue weighted by Crippen LogP contribution is -2.40. The smallest absolute Gasteiger partial charge is 0.338 e. The number of aromatic nitrogens is 1. The molecule has 0 unspecified atom stereocenters. The molecule has 0 N–H and O–H groups in total. The van der Waals surface area contributed by atoms with Crippen LogP contribution in [0.15, 0.2) is 106 Å². The highest BCUT2D eigenvalue weighted by atomic mass is 32.1. The lowest BCUT2D eigenvalue weighted by atomic mass is 9.95. The van der Waals surface area contributed by atoms with Crippen LogP contribution in [0.4, 0.5) is 5.69 Å². The summed E-state index contributed by atoms with van der Waals surface area (Å²) in [6.45, 7) is 7.65. The van der Waals surface area contributed by atoms with Gasteiger partial charge in [-0.2, -0.15) is 0 Å². The van der Waals surface area contributed by atoms with Gasteiger partial charge in [-0.05, 0) is 74.4 Å². The van der Waals surface area contributed by atoms with Crippen LogP contribution in [0.2, 0.25) is 0 Å². The van der Waals surface area contributed by atoms with Crippen LogP contribution in [0.1, 0.15) is 50.4 Å². The highest BCUT2D eigenvalue weighted by Crippen LogP contribution is 2.36. The summed E-state index contributed by atoms with van der Waals surface area (Å²) in [6.07, 6.45) is 1.66. The van der Waals surface area contributed by atoms with Crippen molar-refractivity contribution in [2.24, 2.45) is 4.99 Å². The molecule has 0 radical (unpaired) electrons. The number of hydrogen-bond donors (Lipinski definition) is 0. The van der Waals surface area contributed by atoms with Crippen molar-refractivity contribution in [3.8, 4) is 11.5 Å². The zero-order valence-corrected chi connectivity index (χ0v) is 27.7. The number of rotatable bonds is 10. The number of esters is 1. The first-order valence-corrected chi connectivity index (χ1v) is 16.3. The minimum absolute atomic E-state index is 0.00133. The second-order valence-electron chi connectivity index (χ2n) is 11.4. The largest absolute Gasteiger partial charge is 0.491 e. The minimum atomic E-state index is -0.831. The van der Waals surface area contributed by atoms with Gasteiger partial charge in [0.2, 0.25) is 0 Å². The molecule has 0 amide bonds. The molecular formula is C37H33N3O7S. The number of nitro groups is 1. The fourth-order valence-electron chi connectivity index (χ4n) is 5.71. The fourth-order valence-corrected chi connectivity index (χ4v) is 6.74. The van der Waals surface area contributed by atoms with E-state index in [1.807, 2.05) is 74.5 Å². The molecule has 2 heterocycles. The fraction of sp³-hybridized carbons (Fsp3) is 0.216. The number of benzene rings is 4. The van der Waals surface area contributed by atoms with Crippen LogP contribution in [0, 0.1) is 10.1 Å². The van der Waals surface area contributed by atoms with E-state index in [0.717, 1.165) is 16.3 Å². The number of hydrogen-bond acceptors (Lipinski definition) is 9. The average Bonchev–Trinajstić information content (AvgIpc) is 3.37. The SMILES string of the molecule is CCOC(=O)C1=C(C)N=c2s/c(=C\c3c(OCc4ccc([N+](=O)[O-])cc4)ccc4ccccc34)c(=O)n2[C@H]1c1ccccc1OC(C)C. The van der Waals surface area contributed by atoms with Gasteiger partial charge in [0.25, 0.3) is 11.2 Å². The lowest BCUT2D eigenvalue weighted by molar-refractivity contribution is -0.384. The Morgan fingerprint density at radius 3 is 2.48 bits per heavy atom. The standard InChI is InChI=1S/C37H33N3O7S/c1-5-45-36(42)33-23(4)38-37-39(34(33)28-12-8-9-13-31(28)47-22(2)3)35(41)32(48-37)20-29-27-11-7-6-10-25(27)16-19-30(29)46-21-24-14-17-26(18-15-24)40(43)44/h6-20,22,34H,5,21H2,1-4H3/b32-20-/t34-/m0/s1. The van der Waals surface area contributed by atoms with Gasteiger partial charge in [-0.3, -0.25) is 19.5 Å². The van der Waals surface area contributed by atoms with Gasteiger partial charge >= 0.3 is 5.97 Å². The number of thiazole rings is 1. The summed E-state index contributed by atoms with van der Waals surface area (Å²) in [4.78, 5) is 43.7. The number of non-ortho nitro benzene ring substituents is 1. The molecule has 0 fully saturated rings. The Bertz CT molecular complexity index is 2250. The van der Waals surface area contributed by atoms with Crippen LogP contribution >= 0.6 is 11.3 Å². The molecule has 5 aromatic rings. The Hall–Kier alpha value is -5.55. The predicted octanol–water partition coefficient (Wildman–Crippen LogP) is 6.23. The molecule has 1 aliphatic rings. The van der Waals surface area contributed by atoms with E-state index in [9.17, 15) is 19.7 Å². The van der Waals surface area contributed by atoms with E-state index in [1.54, 1.807) is 36.6 Å².